The van der Waals surface area contributed by atoms with Crippen LogP contribution in [0.2, 0.25) is 0 Å². The van der Waals surface area contributed by atoms with Gasteiger partial charge in [0, 0.05) is 24.0 Å². The molecule has 6 atom stereocenters. The number of β-amino-alcohol motifs (C(OH)–C–C–N with tert-alkyl or cyclic N) is 1. The van der Waals surface area contributed by atoms with E-state index < -0.39 is 22.6 Å². The Morgan fingerprint density at radius 3 is 2.61 bits per heavy atom. The summed E-state index contributed by atoms with van der Waals surface area (Å²) in [5.74, 6) is -1.41. The Kier molecular flexibility index (Phi) is 8.88. The van der Waals surface area contributed by atoms with Gasteiger partial charge in [0.25, 0.3) is 5.91 Å². The number of rotatable bonds is 13. The zero-order valence-corrected chi connectivity index (χ0v) is 23.0. The van der Waals surface area contributed by atoms with Crippen molar-refractivity contribution in [2.75, 3.05) is 38.3 Å². The maximum absolute atomic E-state index is 14.4. The summed E-state index contributed by atoms with van der Waals surface area (Å²) >= 11 is 1.60. The fourth-order valence-electron chi connectivity index (χ4n) is 6.44. The van der Waals surface area contributed by atoms with Gasteiger partial charge in [0.1, 0.15) is 11.8 Å². The minimum Gasteiger partial charge on any atom is -0.497 e. The van der Waals surface area contributed by atoms with Crippen LogP contribution < -0.4 is 9.64 Å². The van der Waals surface area contributed by atoms with E-state index in [1.165, 1.54) is 4.90 Å². The van der Waals surface area contributed by atoms with Crippen molar-refractivity contribution >= 4 is 35.2 Å². The molecule has 3 heterocycles. The van der Waals surface area contributed by atoms with E-state index in [-0.39, 0.29) is 48.6 Å². The lowest BCUT2D eigenvalue weighted by Crippen LogP contribution is -2.57. The van der Waals surface area contributed by atoms with Crippen LogP contribution in [-0.4, -0.2) is 77.2 Å². The molecule has 2 bridgehead atoms. The van der Waals surface area contributed by atoms with Gasteiger partial charge in [0.05, 0.1) is 36.9 Å². The highest BCUT2D eigenvalue weighted by molar-refractivity contribution is 8.02. The van der Waals surface area contributed by atoms with Gasteiger partial charge in [0.2, 0.25) is 5.91 Å². The average Bonchev–Trinajstić information content (AvgIpc) is 3.51. The number of amides is 2. The highest BCUT2D eigenvalue weighted by Gasteiger charge is 2.76. The number of likely N-dealkylation sites (tertiary alicyclic amines) is 1. The van der Waals surface area contributed by atoms with Crippen molar-refractivity contribution in [2.24, 2.45) is 17.8 Å². The summed E-state index contributed by atoms with van der Waals surface area (Å²) < 4.78 is 10.2. The molecule has 206 valence electrons. The Morgan fingerprint density at radius 1 is 1.24 bits per heavy atom. The molecule has 9 heteroatoms. The van der Waals surface area contributed by atoms with Crippen LogP contribution in [0.4, 0.5) is 5.69 Å². The molecule has 0 aromatic heterocycles. The highest BCUT2D eigenvalue weighted by atomic mass is 32.2. The number of aliphatic hydroxyl groups excluding tert-OH is 1. The number of ether oxygens (including phenoxy) is 2. The number of hydrogen-bond acceptors (Lipinski definition) is 7. The van der Waals surface area contributed by atoms with Gasteiger partial charge >= 0.3 is 5.97 Å². The quantitative estimate of drug-likeness (QED) is 0.232. The molecule has 4 rings (SSSR count). The molecular weight excluding hydrogens is 504 g/mol. The van der Waals surface area contributed by atoms with Crippen molar-refractivity contribution in [1.82, 2.24) is 4.90 Å². The molecule has 3 fully saturated rings. The van der Waals surface area contributed by atoms with Crippen LogP contribution >= 0.6 is 11.8 Å². The van der Waals surface area contributed by atoms with E-state index in [4.69, 9.17) is 9.47 Å². The number of carbonyl (C=O) groups excluding carboxylic acids is 3. The van der Waals surface area contributed by atoms with Gasteiger partial charge in [-0.05, 0) is 55.9 Å². The number of aliphatic hydroxyl groups is 1. The first-order chi connectivity index (χ1) is 18.3. The van der Waals surface area contributed by atoms with E-state index in [0.717, 1.165) is 25.7 Å². The number of allylic oxidation sites excluding steroid dienone is 1. The van der Waals surface area contributed by atoms with Gasteiger partial charge in [-0.3, -0.25) is 14.4 Å². The average molecular weight is 543 g/mol. The number of anilines is 1. The maximum atomic E-state index is 14.4. The lowest BCUT2D eigenvalue weighted by atomic mass is 9.66. The van der Waals surface area contributed by atoms with Crippen molar-refractivity contribution in [3.63, 3.8) is 0 Å². The summed E-state index contributed by atoms with van der Waals surface area (Å²) in [4.78, 5) is 44.7. The van der Waals surface area contributed by atoms with Crippen molar-refractivity contribution in [3.8, 4) is 5.75 Å². The monoisotopic (exact) mass is 542 g/mol. The zero-order valence-electron chi connectivity index (χ0n) is 22.2. The van der Waals surface area contributed by atoms with Crippen LogP contribution in [0.3, 0.4) is 0 Å². The first-order valence-corrected chi connectivity index (χ1v) is 14.2. The van der Waals surface area contributed by atoms with Crippen molar-refractivity contribution in [1.29, 1.82) is 0 Å². The van der Waals surface area contributed by atoms with E-state index >= 15 is 0 Å². The van der Waals surface area contributed by atoms with Crippen LogP contribution in [0.5, 0.6) is 5.75 Å². The molecule has 38 heavy (non-hydrogen) atoms. The van der Waals surface area contributed by atoms with E-state index in [0.29, 0.717) is 18.0 Å². The minimum atomic E-state index is -0.815. The molecule has 0 radical (unpaired) electrons. The van der Waals surface area contributed by atoms with Gasteiger partial charge in [-0.25, -0.2) is 0 Å². The van der Waals surface area contributed by atoms with Gasteiger partial charge in [-0.2, -0.15) is 0 Å². The molecule has 3 saturated heterocycles. The summed E-state index contributed by atoms with van der Waals surface area (Å²) in [5.41, 5.74) is 0.660. The second-order valence-corrected chi connectivity index (χ2v) is 11.7. The molecule has 3 aliphatic rings. The third-order valence-electron chi connectivity index (χ3n) is 8.10. The SMILES string of the molecule is C=CCCCCOC(=O)[C@@H]1[C@H]2C(=O)N(CCO)C(C(=O)N(CC=C)c3ccc(OC)cc3)C23S[C@@H]1CC3C. The summed E-state index contributed by atoms with van der Waals surface area (Å²) in [6, 6.07) is 6.36. The Morgan fingerprint density at radius 2 is 1.97 bits per heavy atom. The number of carbonyl (C=O) groups is 3. The highest BCUT2D eigenvalue weighted by Crippen LogP contribution is 2.68. The molecule has 0 aliphatic carbocycles. The number of thioether (sulfide) groups is 1. The number of fused-ring (bicyclic) bond motifs is 1. The minimum absolute atomic E-state index is 0.0271. The molecule has 1 N–H and O–H groups in total. The fourth-order valence-corrected chi connectivity index (χ4v) is 8.84. The van der Waals surface area contributed by atoms with Crippen LogP contribution in [0.25, 0.3) is 0 Å². The summed E-state index contributed by atoms with van der Waals surface area (Å²) in [6.07, 6.45) is 6.69. The van der Waals surface area contributed by atoms with Crippen LogP contribution in [0.15, 0.2) is 49.6 Å². The predicted octanol–water partition coefficient (Wildman–Crippen LogP) is 3.44. The van der Waals surface area contributed by atoms with E-state index in [2.05, 4.69) is 20.1 Å². The number of nitrogens with zero attached hydrogens (tertiary/aromatic N) is 2. The Labute approximate surface area is 229 Å². The smallest absolute Gasteiger partial charge is 0.310 e. The van der Waals surface area contributed by atoms with Crippen molar-refractivity contribution in [2.45, 2.75) is 48.6 Å². The predicted molar refractivity (Wildman–Crippen MR) is 148 cm³/mol. The Hall–Kier alpha value is -2.78. The topological polar surface area (TPSA) is 96.4 Å². The lowest BCUT2D eigenvalue weighted by Gasteiger charge is -2.40. The molecule has 3 aliphatic heterocycles. The van der Waals surface area contributed by atoms with E-state index in [9.17, 15) is 19.5 Å². The summed E-state index contributed by atoms with van der Waals surface area (Å²) in [5, 5.41) is 9.78. The van der Waals surface area contributed by atoms with Crippen molar-refractivity contribution in [3.05, 3.63) is 49.6 Å². The standard InChI is InChI=1S/C29H38N2O6S/c1-5-7-8-9-17-37-28(35)23-22-18-19(3)29(38-22)24(23)26(33)31(15-16-32)25(29)27(34)30(14-6-2)20-10-12-21(36-4)13-11-20/h5-6,10-13,19,22-25,32H,1-2,7-9,14-18H2,3-4H3/t19?,22-,23+,24+,25?,29?/m1/s1. The fraction of sp³-hybridized carbons (Fsp3) is 0.552. The van der Waals surface area contributed by atoms with Crippen LogP contribution in [-0.2, 0) is 19.1 Å². The maximum Gasteiger partial charge on any atom is 0.310 e. The second kappa shape index (κ2) is 11.9. The normalized spacial score (nSPS) is 29.2. The number of esters is 1. The molecule has 1 aromatic carbocycles. The van der Waals surface area contributed by atoms with Gasteiger partial charge in [-0.1, -0.05) is 19.1 Å². The number of unbranched alkanes of at least 4 members (excludes halogenated alkanes) is 2. The second-order valence-electron chi connectivity index (χ2n) is 10.2. The van der Waals surface area contributed by atoms with E-state index in [1.807, 2.05) is 6.08 Å². The number of benzene rings is 1. The molecule has 0 saturated carbocycles. The molecule has 3 unspecified atom stereocenters. The summed E-state index contributed by atoms with van der Waals surface area (Å²) in [6.45, 7) is 9.93. The van der Waals surface area contributed by atoms with Gasteiger partial charge in [-0.15, -0.1) is 24.9 Å². The lowest BCUT2D eigenvalue weighted by molar-refractivity contribution is -0.154. The molecule has 1 spiro atoms. The molecule has 2 amide bonds. The first kappa shape index (κ1) is 28.2. The third kappa shape index (κ3) is 4.75. The zero-order chi connectivity index (χ0) is 27.4. The Balaban J connectivity index is 1.67. The number of methoxy groups -OCH3 is 1. The van der Waals surface area contributed by atoms with Crippen LogP contribution in [0.1, 0.15) is 32.6 Å². The van der Waals surface area contributed by atoms with Gasteiger partial charge < -0.3 is 24.4 Å². The molecule has 1 aromatic rings. The largest absolute Gasteiger partial charge is 0.497 e. The summed E-state index contributed by atoms with van der Waals surface area (Å²) in [7, 11) is 1.58. The molecular formula is C29H38N2O6S. The molecule has 8 nitrogen and oxygen atoms in total. The third-order valence-corrected chi connectivity index (χ3v) is 10.2. The van der Waals surface area contributed by atoms with Gasteiger partial charge in [0.15, 0.2) is 0 Å². The number of hydrogen-bond donors (Lipinski definition) is 1. The van der Waals surface area contributed by atoms with Crippen LogP contribution in [0, 0.1) is 17.8 Å². The Bertz CT molecular complexity index is 1060. The van der Waals surface area contributed by atoms with E-state index in [1.54, 1.807) is 54.1 Å². The first-order valence-electron chi connectivity index (χ1n) is 13.3. The van der Waals surface area contributed by atoms with Crippen molar-refractivity contribution < 1.29 is 29.0 Å².